The molecule has 0 aliphatic heterocycles. The molecular weight excluding hydrogens is 157 g/mol. The molecule has 1 aromatic rings. The van der Waals surface area contributed by atoms with E-state index in [9.17, 15) is 4.79 Å². The Morgan fingerprint density at radius 2 is 2.57 bits per heavy atom. The normalized spacial score (nSPS) is 8.57. The molecule has 2 nitrogen and oxygen atoms in total. The summed E-state index contributed by atoms with van der Waals surface area (Å²) in [5.74, 6) is 0. The monoisotopic (exact) mass is 161 g/mol. The Hall–Kier alpha value is -0.401. The van der Waals surface area contributed by atoms with Crippen molar-refractivity contribution in [1.29, 1.82) is 0 Å². The maximum atomic E-state index is 10.2. The van der Waals surface area contributed by atoms with Gasteiger partial charge >= 0.3 is 46.1 Å². The number of aromatic nitrogens is 1. The molecule has 0 fully saturated rings. The van der Waals surface area contributed by atoms with E-state index in [0.29, 0.717) is 0 Å². The fourth-order valence-electron chi connectivity index (χ4n) is 0.258. The van der Waals surface area contributed by atoms with Crippen LogP contribution in [0.5, 0.6) is 0 Å². The Bertz CT molecular complexity index is 177. The van der Waals surface area contributed by atoms with E-state index in [1.54, 1.807) is 11.0 Å². The molecule has 3 heteroatoms. The van der Waals surface area contributed by atoms with E-state index >= 15 is 0 Å². The van der Waals surface area contributed by atoms with Crippen LogP contribution in [0.4, 0.5) is 0 Å². The van der Waals surface area contributed by atoms with Crippen LogP contribution >= 0.6 is 0 Å². The van der Waals surface area contributed by atoms with Crippen molar-refractivity contribution in [3.05, 3.63) is 27.4 Å². The van der Waals surface area contributed by atoms with E-state index in [1.165, 1.54) is 6.20 Å². The summed E-state index contributed by atoms with van der Waals surface area (Å²) in [6, 6.07) is 1.55. The van der Waals surface area contributed by atoms with Crippen LogP contribution in [-0.2, 0) is 0 Å². The summed E-state index contributed by atoms with van der Waals surface area (Å²) in [5, 5.41) is 0. The van der Waals surface area contributed by atoms with Crippen LogP contribution in [0.25, 0.3) is 0 Å². The van der Waals surface area contributed by atoms with Gasteiger partial charge in [-0.3, -0.25) is 0 Å². The van der Waals surface area contributed by atoms with Crippen LogP contribution in [0, 0.1) is 0 Å². The van der Waals surface area contributed by atoms with Gasteiger partial charge in [-0.15, -0.1) is 0 Å². The maximum absolute atomic E-state index is 10.2. The molecule has 7 heavy (non-hydrogen) atoms. The van der Waals surface area contributed by atoms with Gasteiger partial charge in [0, 0.05) is 0 Å². The number of rotatable bonds is 0. The number of hydrogen-bond acceptors (Lipinski definition) is 2. The first kappa shape index (κ1) is 4.75. The van der Waals surface area contributed by atoms with Gasteiger partial charge in [0.15, 0.2) is 0 Å². The van der Waals surface area contributed by atoms with Gasteiger partial charge in [-0.05, 0) is 0 Å². The van der Waals surface area contributed by atoms with E-state index in [0.717, 1.165) is 0 Å². The van der Waals surface area contributed by atoms with Gasteiger partial charge in [0.1, 0.15) is 0 Å². The van der Waals surface area contributed by atoms with Crippen molar-refractivity contribution < 1.29 is 0 Å². The second-order valence-corrected chi connectivity index (χ2v) is 2.50. The van der Waals surface area contributed by atoms with E-state index < -0.39 is 0 Å². The summed E-state index contributed by atoms with van der Waals surface area (Å²) in [5.41, 5.74) is 0.00752. The molecular formula is C4H3NOSe. The Morgan fingerprint density at radius 3 is 2.86 bits per heavy atom. The second-order valence-electron chi connectivity index (χ2n) is 1.05. The molecule has 0 N–H and O–H groups in total. The molecule has 0 bridgehead atoms. The molecule has 0 aromatic carbocycles. The summed E-state index contributed by atoms with van der Waals surface area (Å²) in [6.45, 7) is 0. The quantitative estimate of drug-likeness (QED) is 0.479. The molecule has 0 saturated carbocycles. The first-order valence-electron chi connectivity index (χ1n) is 1.79. The third-order valence-corrected chi connectivity index (χ3v) is 1.55. The predicted octanol–water partition coefficient (Wildman–Crippen LogP) is -0.501. The predicted molar refractivity (Wildman–Crippen MR) is 27.4 cm³/mol. The van der Waals surface area contributed by atoms with E-state index in [1.807, 2.05) is 0 Å². The fourth-order valence-corrected chi connectivity index (χ4v) is 1.16. The van der Waals surface area contributed by atoms with Crippen LogP contribution in [0.2, 0.25) is 0 Å². The van der Waals surface area contributed by atoms with Gasteiger partial charge in [0.2, 0.25) is 0 Å². The average Bonchev–Trinajstić information content (AvgIpc) is 1.69. The second kappa shape index (κ2) is 2.05. The molecule has 0 aliphatic carbocycles. The van der Waals surface area contributed by atoms with Crippen molar-refractivity contribution in [2.75, 3.05) is 0 Å². The third-order valence-electron chi connectivity index (χ3n) is 0.534. The summed E-state index contributed by atoms with van der Waals surface area (Å²) in [4.78, 5) is 12.0. The van der Waals surface area contributed by atoms with Crippen molar-refractivity contribution in [2.24, 2.45) is 0 Å². The first-order chi connectivity index (χ1) is 3.39. The van der Waals surface area contributed by atoms with Gasteiger partial charge in [-0.2, -0.15) is 0 Å². The van der Waals surface area contributed by atoms with Crippen LogP contribution < -0.4 is 5.43 Å². The van der Waals surface area contributed by atoms with Crippen molar-refractivity contribution >= 4 is 14.7 Å². The molecule has 1 aromatic heterocycles. The van der Waals surface area contributed by atoms with Crippen LogP contribution in [0.1, 0.15) is 0 Å². The standard InChI is InChI=1S/C4H3NOSe/c6-4-1-2-7-5-3-4/h1-3H. The zero-order valence-electron chi connectivity index (χ0n) is 3.50. The minimum atomic E-state index is 0.00752. The molecule has 0 amide bonds. The summed E-state index contributed by atoms with van der Waals surface area (Å²) in [6.07, 6.45) is 1.36. The molecule has 0 aliphatic rings. The van der Waals surface area contributed by atoms with Gasteiger partial charge in [0.25, 0.3) is 0 Å². The fraction of sp³-hybridized carbons (Fsp3) is 0. The SMILES string of the molecule is O=c1cc[se]nc1. The number of hydrogen-bond donors (Lipinski definition) is 0. The van der Waals surface area contributed by atoms with Crippen molar-refractivity contribution in [1.82, 2.24) is 3.98 Å². The van der Waals surface area contributed by atoms with Crippen LogP contribution in [0.3, 0.4) is 0 Å². The first-order valence-corrected chi connectivity index (χ1v) is 3.55. The summed E-state index contributed by atoms with van der Waals surface area (Å²) >= 11 is 0.202. The minimum absolute atomic E-state index is 0.00752. The molecule has 36 valence electrons. The molecule has 0 radical (unpaired) electrons. The van der Waals surface area contributed by atoms with Gasteiger partial charge in [0.05, 0.1) is 0 Å². The van der Waals surface area contributed by atoms with Crippen molar-refractivity contribution in [3.8, 4) is 0 Å². The molecule has 0 unspecified atom stereocenters. The van der Waals surface area contributed by atoms with Gasteiger partial charge in [-0.25, -0.2) is 0 Å². The van der Waals surface area contributed by atoms with Gasteiger partial charge in [-0.1, -0.05) is 0 Å². The molecule has 1 rings (SSSR count). The Balaban J connectivity index is 3.28. The van der Waals surface area contributed by atoms with E-state index in [4.69, 9.17) is 0 Å². The van der Waals surface area contributed by atoms with E-state index in [-0.39, 0.29) is 20.2 Å². The van der Waals surface area contributed by atoms with E-state index in [2.05, 4.69) is 3.98 Å². The third kappa shape index (κ3) is 1.26. The van der Waals surface area contributed by atoms with Gasteiger partial charge < -0.3 is 0 Å². The zero-order chi connectivity index (χ0) is 5.11. The molecule has 1 heterocycles. The van der Waals surface area contributed by atoms with Crippen LogP contribution in [0.15, 0.2) is 22.0 Å². The average molecular weight is 160 g/mol. The van der Waals surface area contributed by atoms with Crippen molar-refractivity contribution in [2.45, 2.75) is 0 Å². The summed E-state index contributed by atoms with van der Waals surface area (Å²) in [7, 11) is 0. The van der Waals surface area contributed by atoms with Crippen LogP contribution in [-0.4, -0.2) is 18.7 Å². The zero-order valence-corrected chi connectivity index (χ0v) is 5.21. The Labute approximate surface area is 46.8 Å². The van der Waals surface area contributed by atoms with Crippen molar-refractivity contribution in [3.63, 3.8) is 0 Å². The summed E-state index contributed by atoms with van der Waals surface area (Å²) < 4.78 is 3.76. The topological polar surface area (TPSA) is 30.0 Å². The molecule has 0 atom stereocenters. The molecule has 0 spiro atoms. The Kier molecular flexibility index (Phi) is 1.39. The Morgan fingerprint density at radius 1 is 1.71 bits per heavy atom. The molecule has 0 saturated heterocycles. The number of nitrogens with zero attached hydrogens (tertiary/aromatic N) is 1.